The van der Waals surface area contributed by atoms with Crippen LogP contribution in [0.4, 0.5) is 0 Å². The average Bonchev–Trinajstić information content (AvgIpc) is 2.85. The monoisotopic (exact) mass is 375 g/mol. The fourth-order valence-corrected chi connectivity index (χ4v) is 4.07. The molecule has 0 aromatic carbocycles. The van der Waals surface area contributed by atoms with Gasteiger partial charge in [0.1, 0.15) is 4.90 Å². The summed E-state index contributed by atoms with van der Waals surface area (Å²) in [5, 5.41) is 28.7. The van der Waals surface area contributed by atoms with E-state index >= 15 is 0 Å². The van der Waals surface area contributed by atoms with Gasteiger partial charge in [-0.3, -0.25) is 4.57 Å². The Balaban J connectivity index is 2.33. The minimum absolute atomic E-state index is 0.259. The van der Waals surface area contributed by atoms with Gasteiger partial charge in [0.05, 0.1) is 12.4 Å². The zero-order valence-electron chi connectivity index (χ0n) is 15.3. The lowest BCUT2D eigenvalue weighted by atomic mass is 10.1. The smallest absolute Gasteiger partial charge is 0.213 e. The molecule has 7 heteroatoms. The second-order valence-corrected chi connectivity index (χ2v) is 8.64. The van der Waals surface area contributed by atoms with Crippen molar-refractivity contribution in [2.24, 2.45) is 0 Å². The fraction of sp³-hybridized carbons (Fsp3) is 0.778. The third-order valence-electron chi connectivity index (χ3n) is 4.44. The lowest BCUT2D eigenvalue weighted by Crippen LogP contribution is -2.09. The van der Waals surface area contributed by atoms with Gasteiger partial charge in [0, 0.05) is 12.6 Å². The van der Waals surface area contributed by atoms with Crippen molar-refractivity contribution in [1.82, 2.24) is 4.57 Å². The van der Waals surface area contributed by atoms with Crippen molar-refractivity contribution in [2.45, 2.75) is 82.6 Å². The molecule has 0 unspecified atom stereocenters. The number of nitrogens with zero attached hydrogens (tertiary/aromatic N) is 1. The van der Waals surface area contributed by atoms with Crippen LogP contribution < -0.4 is 0 Å². The highest BCUT2D eigenvalue weighted by molar-refractivity contribution is 7.91. The molecular weight excluding hydrogens is 342 g/mol. The fourth-order valence-electron chi connectivity index (χ4n) is 2.94. The van der Waals surface area contributed by atoms with Gasteiger partial charge in [-0.2, -0.15) is 0 Å². The van der Waals surface area contributed by atoms with Crippen LogP contribution in [0.5, 0.6) is 11.8 Å². The first-order valence-electron chi connectivity index (χ1n) is 9.39. The Kier molecular flexibility index (Phi) is 9.97. The maximum absolute atomic E-state index is 11.9. The van der Waals surface area contributed by atoms with E-state index < -0.39 is 28.1 Å². The van der Waals surface area contributed by atoms with Crippen LogP contribution in [0.2, 0.25) is 0 Å². The Bertz CT molecular complexity index is 595. The Labute approximate surface area is 151 Å². The van der Waals surface area contributed by atoms with Gasteiger partial charge in [-0.1, -0.05) is 64.7 Å². The first-order chi connectivity index (χ1) is 11.9. The largest absolute Gasteiger partial charge is 0.494 e. The van der Waals surface area contributed by atoms with Gasteiger partial charge in [0.2, 0.25) is 5.88 Å². The van der Waals surface area contributed by atoms with Crippen LogP contribution in [0, 0.1) is 0 Å². The molecule has 1 aromatic rings. The van der Waals surface area contributed by atoms with Gasteiger partial charge in [-0.15, -0.1) is 0 Å². The molecular formula is C18H33NO5S. The van der Waals surface area contributed by atoms with E-state index in [9.17, 15) is 18.6 Å². The molecule has 1 aromatic heterocycles. The van der Waals surface area contributed by atoms with Gasteiger partial charge >= 0.3 is 0 Å². The van der Waals surface area contributed by atoms with Crippen LogP contribution in [-0.4, -0.2) is 40.7 Å². The summed E-state index contributed by atoms with van der Waals surface area (Å²) in [6, 6.07) is 1.05. The normalized spacial score (nSPS) is 11.9. The van der Waals surface area contributed by atoms with Crippen molar-refractivity contribution >= 4 is 9.84 Å². The molecule has 0 amide bonds. The number of aromatic nitrogens is 1. The van der Waals surface area contributed by atoms with Gasteiger partial charge in [-0.25, -0.2) is 8.42 Å². The summed E-state index contributed by atoms with van der Waals surface area (Å²) in [6.07, 6.45) is 11.8. The molecule has 0 saturated heterocycles. The van der Waals surface area contributed by atoms with Crippen molar-refractivity contribution in [3.63, 3.8) is 0 Å². The molecule has 3 N–H and O–H groups in total. The van der Waals surface area contributed by atoms with Crippen molar-refractivity contribution in [3.8, 4) is 11.8 Å². The van der Waals surface area contributed by atoms with E-state index in [1.807, 2.05) is 0 Å². The highest BCUT2D eigenvalue weighted by atomic mass is 32.2. The van der Waals surface area contributed by atoms with Gasteiger partial charge < -0.3 is 15.3 Å². The Morgan fingerprint density at radius 1 is 0.920 bits per heavy atom. The molecule has 0 atom stereocenters. The molecule has 0 bridgehead atoms. The predicted molar refractivity (Wildman–Crippen MR) is 98.7 cm³/mol. The van der Waals surface area contributed by atoms with Gasteiger partial charge in [0.25, 0.3) is 0 Å². The minimum Gasteiger partial charge on any atom is -0.494 e. The number of hydrogen-bond donors (Lipinski definition) is 3. The van der Waals surface area contributed by atoms with Crippen molar-refractivity contribution in [1.29, 1.82) is 0 Å². The summed E-state index contributed by atoms with van der Waals surface area (Å²) in [5.41, 5.74) is 0. The summed E-state index contributed by atoms with van der Waals surface area (Å²) >= 11 is 0. The Hall–Kier alpha value is -1.21. The second kappa shape index (κ2) is 11.4. The van der Waals surface area contributed by atoms with E-state index in [-0.39, 0.29) is 10.8 Å². The predicted octanol–water partition coefficient (Wildman–Crippen LogP) is 3.59. The molecule has 146 valence electrons. The summed E-state index contributed by atoms with van der Waals surface area (Å²) in [6.45, 7) is 2.07. The average molecular weight is 376 g/mol. The van der Waals surface area contributed by atoms with Crippen LogP contribution >= 0.6 is 0 Å². The lowest BCUT2D eigenvalue weighted by molar-refractivity contribution is 0.319. The topological polar surface area (TPSA) is 99.8 Å². The summed E-state index contributed by atoms with van der Waals surface area (Å²) in [7, 11) is -3.78. The number of aromatic hydroxyl groups is 2. The number of aliphatic hydroxyl groups is 1. The quantitative estimate of drug-likeness (QED) is 0.432. The Morgan fingerprint density at radius 2 is 1.44 bits per heavy atom. The minimum atomic E-state index is -3.78. The number of sulfone groups is 1. The maximum Gasteiger partial charge on any atom is 0.213 e. The zero-order chi connectivity index (χ0) is 18.7. The van der Waals surface area contributed by atoms with E-state index in [0.717, 1.165) is 25.3 Å². The third-order valence-corrected chi connectivity index (χ3v) is 6.13. The molecule has 6 nitrogen and oxygen atoms in total. The molecule has 0 aliphatic rings. The highest BCUT2D eigenvalue weighted by Gasteiger charge is 2.24. The summed E-state index contributed by atoms with van der Waals surface area (Å²) in [5.74, 6) is -1.17. The molecule has 1 heterocycles. The highest BCUT2D eigenvalue weighted by Crippen LogP contribution is 2.32. The van der Waals surface area contributed by atoms with E-state index in [1.54, 1.807) is 0 Å². The number of unbranched alkanes of at least 4 members (excludes halogenated alkanes) is 9. The molecule has 0 spiro atoms. The standard InChI is InChI=1S/C18H33NO5S/c1-2-3-4-5-6-7-8-9-10-11-12-19-17(21)15-16(18(19)22)25(23,24)14-13-20/h15,20-22H,2-14H2,1H3. The molecule has 0 saturated carbocycles. The van der Waals surface area contributed by atoms with Crippen LogP contribution in [0.25, 0.3) is 0 Å². The van der Waals surface area contributed by atoms with Crippen LogP contribution in [0.15, 0.2) is 11.0 Å². The first-order valence-corrected chi connectivity index (χ1v) is 11.0. The zero-order valence-corrected chi connectivity index (χ0v) is 16.1. The van der Waals surface area contributed by atoms with Crippen molar-refractivity contribution < 1.29 is 23.7 Å². The van der Waals surface area contributed by atoms with Gasteiger partial charge in [0.15, 0.2) is 15.7 Å². The molecule has 1 rings (SSSR count). The number of rotatable bonds is 14. The van der Waals surface area contributed by atoms with E-state index in [4.69, 9.17) is 5.11 Å². The van der Waals surface area contributed by atoms with Crippen molar-refractivity contribution in [3.05, 3.63) is 6.07 Å². The molecule has 0 radical (unpaired) electrons. The molecule has 0 aliphatic heterocycles. The summed E-state index contributed by atoms with van der Waals surface area (Å²) in [4.78, 5) is -0.314. The molecule has 0 fully saturated rings. The van der Waals surface area contributed by atoms with Crippen LogP contribution in [0.1, 0.15) is 71.1 Å². The Morgan fingerprint density at radius 3 is 1.96 bits per heavy atom. The number of aliphatic hydroxyl groups excluding tert-OH is 1. The SMILES string of the molecule is CCCCCCCCCCCCn1c(O)cc(S(=O)(=O)CCO)c1O. The van der Waals surface area contributed by atoms with E-state index in [1.165, 1.54) is 49.5 Å². The maximum atomic E-state index is 11.9. The van der Waals surface area contributed by atoms with Gasteiger partial charge in [-0.05, 0) is 6.42 Å². The number of hydrogen-bond acceptors (Lipinski definition) is 5. The third kappa shape index (κ3) is 7.28. The van der Waals surface area contributed by atoms with E-state index in [2.05, 4.69) is 6.92 Å². The van der Waals surface area contributed by atoms with Crippen LogP contribution in [0.3, 0.4) is 0 Å². The van der Waals surface area contributed by atoms with Crippen molar-refractivity contribution in [2.75, 3.05) is 12.4 Å². The second-order valence-electron chi connectivity index (χ2n) is 6.57. The first kappa shape index (κ1) is 21.8. The summed E-state index contributed by atoms with van der Waals surface area (Å²) < 4.78 is 25.1. The lowest BCUT2D eigenvalue weighted by Gasteiger charge is -2.07. The molecule has 0 aliphatic carbocycles. The molecule has 25 heavy (non-hydrogen) atoms. The van der Waals surface area contributed by atoms with Crippen LogP contribution in [-0.2, 0) is 16.4 Å². The van der Waals surface area contributed by atoms with E-state index in [0.29, 0.717) is 6.54 Å².